The Labute approximate surface area is 185 Å². The van der Waals surface area contributed by atoms with Crippen LogP contribution in [0.2, 0.25) is 0 Å². The van der Waals surface area contributed by atoms with E-state index in [-0.39, 0.29) is 24.1 Å². The summed E-state index contributed by atoms with van der Waals surface area (Å²) in [5.74, 6) is 0.982. The molecule has 0 saturated carbocycles. The second-order valence-corrected chi connectivity index (χ2v) is 8.35. The molecule has 1 aromatic rings. The number of hydrogen-bond acceptors (Lipinski definition) is 5. The minimum absolute atomic E-state index is 0.0284. The molecule has 1 aromatic carbocycles. The van der Waals surface area contributed by atoms with Gasteiger partial charge in [0, 0.05) is 44.8 Å². The quantitative estimate of drug-likeness (QED) is 0.560. The Kier molecular flexibility index (Phi) is 9.43. The summed E-state index contributed by atoms with van der Waals surface area (Å²) in [5, 5.41) is 9.37. The number of benzene rings is 1. The van der Waals surface area contributed by atoms with Crippen molar-refractivity contribution in [3.8, 4) is 11.5 Å². The number of piperidine rings is 1. The van der Waals surface area contributed by atoms with E-state index in [9.17, 15) is 14.7 Å². The number of nitrogens with zero attached hydrogens (tertiary/aromatic N) is 2. The number of ether oxygens (including phenoxy) is 3. The van der Waals surface area contributed by atoms with E-state index in [1.165, 1.54) is 4.90 Å². The van der Waals surface area contributed by atoms with Gasteiger partial charge in [-0.1, -0.05) is 0 Å². The fourth-order valence-electron chi connectivity index (χ4n) is 3.82. The monoisotopic (exact) mass is 436 g/mol. The maximum absolute atomic E-state index is 13.5. The summed E-state index contributed by atoms with van der Waals surface area (Å²) in [4.78, 5) is 28.1. The van der Waals surface area contributed by atoms with Crippen molar-refractivity contribution in [3.05, 3.63) is 23.8 Å². The summed E-state index contributed by atoms with van der Waals surface area (Å²) in [7, 11) is 1.64. The van der Waals surface area contributed by atoms with E-state index < -0.39 is 6.09 Å². The number of likely N-dealkylation sites (tertiary alicyclic amines) is 1. The second-order valence-electron chi connectivity index (χ2n) is 8.35. The van der Waals surface area contributed by atoms with E-state index in [4.69, 9.17) is 14.2 Å². The van der Waals surface area contributed by atoms with Gasteiger partial charge < -0.3 is 29.1 Å². The lowest BCUT2D eigenvalue weighted by Crippen LogP contribution is -2.53. The van der Waals surface area contributed by atoms with Gasteiger partial charge in [-0.05, 0) is 58.7 Å². The lowest BCUT2D eigenvalue weighted by Gasteiger charge is -2.40. The Morgan fingerprint density at radius 1 is 1.19 bits per heavy atom. The van der Waals surface area contributed by atoms with Crippen LogP contribution >= 0.6 is 0 Å². The second kappa shape index (κ2) is 11.8. The third kappa shape index (κ3) is 7.02. The average Bonchev–Trinajstić information content (AvgIpc) is 2.71. The van der Waals surface area contributed by atoms with Crippen molar-refractivity contribution in [2.24, 2.45) is 0 Å². The largest absolute Gasteiger partial charge is 0.490 e. The molecule has 174 valence electrons. The zero-order chi connectivity index (χ0) is 23.0. The molecule has 8 nitrogen and oxygen atoms in total. The van der Waals surface area contributed by atoms with Crippen LogP contribution in [0.1, 0.15) is 57.3 Å². The maximum Gasteiger partial charge on any atom is 0.407 e. The van der Waals surface area contributed by atoms with Crippen LogP contribution < -0.4 is 9.47 Å². The van der Waals surface area contributed by atoms with Gasteiger partial charge in [-0.25, -0.2) is 4.79 Å². The topological polar surface area (TPSA) is 88.5 Å². The van der Waals surface area contributed by atoms with Crippen molar-refractivity contribution in [2.75, 3.05) is 33.4 Å². The molecule has 0 aromatic heterocycles. The summed E-state index contributed by atoms with van der Waals surface area (Å²) >= 11 is 0. The molecule has 1 aliphatic heterocycles. The van der Waals surface area contributed by atoms with Crippen LogP contribution in [0.4, 0.5) is 4.79 Å². The molecule has 2 rings (SSSR count). The predicted octanol–water partition coefficient (Wildman–Crippen LogP) is 3.88. The number of carbonyl (C=O) groups is 2. The van der Waals surface area contributed by atoms with Crippen molar-refractivity contribution in [1.29, 1.82) is 0 Å². The van der Waals surface area contributed by atoms with E-state index in [2.05, 4.69) is 0 Å². The summed E-state index contributed by atoms with van der Waals surface area (Å²) < 4.78 is 16.8. The van der Waals surface area contributed by atoms with Gasteiger partial charge in [-0.15, -0.1) is 0 Å². The Morgan fingerprint density at radius 2 is 1.94 bits per heavy atom. The Balaban J connectivity index is 2.26. The van der Waals surface area contributed by atoms with Gasteiger partial charge >= 0.3 is 6.09 Å². The lowest BCUT2D eigenvalue weighted by atomic mass is 10.0. The van der Waals surface area contributed by atoms with Crippen LogP contribution in [0.15, 0.2) is 18.2 Å². The third-order valence-electron chi connectivity index (χ3n) is 5.15. The first-order chi connectivity index (χ1) is 14.7. The van der Waals surface area contributed by atoms with Crippen molar-refractivity contribution in [1.82, 2.24) is 9.80 Å². The lowest BCUT2D eigenvalue weighted by molar-refractivity contribution is 0.0449. The Bertz CT molecular complexity index is 737. The molecule has 0 radical (unpaired) electrons. The van der Waals surface area contributed by atoms with Crippen LogP contribution in [0.5, 0.6) is 11.5 Å². The molecule has 0 spiro atoms. The number of rotatable bonds is 10. The van der Waals surface area contributed by atoms with Crippen molar-refractivity contribution in [2.45, 2.75) is 65.1 Å². The fourth-order valence-corrected chi connectivity index (χ4v) is 3.82. The van der Waals surface area contributed by atoms with E-state index in [1.54, 1.807) is 30.2 Å². The highest BCUT2D eigenvalue weighted by Gasteiger charge is 2.33. The van der Waals surface area contributed by atoms with E-state index in [0.29, 0.717) is 43.4 Å². The van der Waals surface area contributed by atoms with Crippen molar-refractivity contribution in [3.63, 3.8) is 0 Å². The normalized spacial score (nSPS) is 16.5. The van der Waals surface area contributed by atoms with Gasteiger partial charge in [-0.3, -0.25) is 4.79 Å². The molecule has 8 heteroatoms. The highest BCUT2D eigenvalue weighted by atomic mass is 16.5. The highest BCUT2D eigenvalue weighted by molar-refractivity contribution is 5.95. The minimum atomic E-state index is -0.942. The van der Waals surface area contributed by atoms with Crippen LogP contribution in [0.25, 0.3) is 0 Å². The predicted molar refractivity (Wildman–Crippen MR) is 118 cm³/mol. The van der Waals surface area contributed by atoms with Crippen molar-refractivity contribution >= 4 is 12.0 Å². The van der Waals surface area contributed by atoms with E-state index in [1.807, 2.05) is 27.7 Å². The number of hydrogen-bond donors (Lipinski definition) is 1. The van der Waals surface area contributed by atoms with Crippen molar-refractivity contribution < 1.29 is 28.9 Å². The Hall–Kier alpha value is -2.48. The molecule has 0 unspecified atom stereocenters. The summed E-state index contributed by atoms with van der Waals surface area (Å²) in [5.41, 5.74) is 0.499. The van der Waals surface area contributed by atoms with Crippen LogP contribution in [0.3, 0.4) is 0 Å². The number of amides is 2. The first kappa shape index (κ1) is 24.8. The first-order valence-electron chi connectivity index (χ1n) is 11.0. The third-order valence-corrected chi connectivity index (χ3v) is 5.15. The summed E-state index contributed by atoms with van der Waals surface area (Å²) in [6.45, 7) is 9.65. The molecule has 2 amide bonds. The van der Waals surface area contributed by atoms with Crippen LogP contribution in [-0.4, -0.2) is 78.5 Å². The minimum Gasteiger partial charge on any atom is -0.490 e. The Morgan fingerprint density at radius 3 is 2.55 bits per heavy atom. The van der Waals surface area contributed by atoms with Gasteiger partial charge in [0.2, 0.25) is 0 Å². The van der Waals surface area contributed by atoms with E-state index >= 15 is 0 Å². The molecule has 1 N–H and O–H groups in total. The summed E-state index contributed by atoms with van der Waals surface area (Å²) in [6, 6.07) is 5.01. The molecule has 0 bridgehead atoms. The van der Waals surface area contributed by atoms with E-state index in [0.717, 1.165) is 19.3 Å². The number of carbonyl (C=O) groups excluding carboxylic acids is 1. The zero-order valence-electron chi connectivity index (χ0n) is 19.3. The molecule has 1 fully saturated rings. The molecule has 1 atom stereocenters. The van der Waals surface area contributed by atoms with Crippen LogP contribution in [-0.2, 0) is 4.74 Å². The number of methoxy groups -OCH3 is 1. The molecule has 1 saturated heterocycles. The first-order valence-corrected chi connectivity index (χ1v) is 11.0. The number of carboxylic acid groups (broad SMARTS) is 1. The smallest absolute Gasteiger partial charge is 0.407 e. The zero-order valence-corrected chi connectivity index (χ0v) is 19.3. The SMILES string of the molecule is COCCCOc1cc(C(=O)N(C(C)C)[C@@H]2CCCN(C(=O)O)C2)ccc1OC(C)C. The highest BCUT2D eigenvalue weighted by Crippen LogP contribution is 2.31. The standard InChI is InChI=1S/C23H36N2O6/c1-16(2)25(19-8-6-11-24(15-19)23(27)28)22(26)18-9-10-20(31-17(3)4)21(14-18)30-13-7-12-29-5/h9-10,14,16-17,19H,6-8,11-13,15H2,1-5H3,(H,27,28)/t19-/m1/s1. The maximum atomic E-state index is 13.5. The van der Waals surface area contributed by atoms with Gasteiger partial charge in [0.1, 0.15) is 0 Å². The molecule has 0 aliphatic carbocycles. The van der Waals surface area contributed by atoms with Crippen LogP contribution in [0, 0.1) is 0 Å². The van der Waals surface area contributed by atoms with Gasteiger partial charge in [0.25, 0.3) is 5.91 Å². The molecule has 31 heavy (non-hydrogen) atoms. The molecular formula is C23H36N2O6. The van der Waals surface area contributed by atoms with Gasteiger partial charge in [0.05, 0.1) is 18.8 Å². The molecule has 1 aliphatic rings. The molecular weight excluding hydrogens is 400 g/mol. The fraction of sp³-hybridized carbons (Fsp3) is 0.652. The molecule has 1 heterocycles. The van der Waals surface area contributed by atoms with Gasteiger partial charge in [0.15, 0.2) is 11.5 Å². The average molecular weight is 437 g/mol. The van der Waals surface area contributed by atoms with Gasteiger partial charge in [-0.2, -0.15) is 0 Å². The summed E-state index contributed by atoms with van der Waals surface area (Å²) in [6.07, 6.45) is 1.27.